The van der Waals surface area contributed by atoms with Gasteiger partial charge in [-0.25, -0.2) is 0 Å². The fourth-order valence-corrected chi connectivity index (χ4v) is 1.58. The monoisotopic (exact) mass is 208 g/mol. The molecule has 2 unspecified atom stereocenters. The van der Waals surface area contributed by atoms with E-state index in [1.54, 1.807) is 0 Å². The second kappa shape index (κ2) is 5.21. The Morgan fingerprint density at radius 1 is 1.33 bits per heavy atom. The molecule has 3 heteroatoms. The van der Waals surface area contributed by atoms with Gasteiger partial charge in [0.05, 0.1) is 17.5 Å². The molecule has 1 N–H and O–H groups in total. The van der Waals surface area contributed by atoms with Gasteiger partial charge >= 0.3 is 0 Å². The van der Waals surface area contributed by atoms with E-state index in [9.17, 15) is 5.11 Å². The van der Waals surface area contributed by atoms with E-state index in [2.05, 4.69) is 24.0 Å². The number of aliphatic hydroxyl groups excluding tert-OH is 1. The van der Waals surface area contributed by atoms with Crippen LogP contribution in [0.5, 0.6) is 0 Å². The highest BCUT2D eigenvalue weighted by molar-refractivity contribution is 5.22. The molecule has 0 aromatic carbocycles. The molecule has 1 aromatic rings. The lowest BCUT2D eigenvalue weighted by Crippen LogP contribution is -2.07. The molecule has 0 aliphatic carbocycles. The highest BCUT2D eigenvalue weighted by Crippen LogP contribution is 2.24. The maximum absolute atomic E-state index is 10.1. The smallest absolute Gasteiger partial charge is 0.0811 e. The number of aromatic nitrogens is 2. The minimum atomic E-state index is -0.408. The van der Waals surface area contributed by atoms with Crippen LogP contribution in [0.3, 0.4) is 0 Å². The Hall–Kier alpha value is -0.960. The summed E-state index contributed by atoms with van der Waals surface area (Å²) in [6, 6.07) is 1.93. The zero-order chi connectivity index (χ0) is 11.4. The van der Waals surface area contributed by atoms with Gasteiger partial charge in [-0.1, -0.05) is 20.3 Å². The number of rotatable bonds is 4. The summed E-state index contributed by atoms with van der Waals surface area (Å²) < 4.78 is 0. The average Bonchev–Trinajstić information content (AvgIpc) is 2.21. The van der Waals surface area contributed by atoms with Crippen LogP contribution in [0, 0.1) is 19.8 Å². The second-order valence-corrected chi connectivity index (χ2v) is 4.29. The maximum Gasteiger partial charge on any atom is 0.0811 e. The molecule has 3 nitrogen and oxygen atoms in total. The van der Waals surface area contributed by atoms with Gasteiger partial charge in [-0.3, -0.25) is 0 Å². The fourth-order valence-electron chi connectivity index (χ4n) is 1.58. The summed E-state index contributed by atoms with van der Waals surface area (Å²) in [4.78, 5) is 0. The van der Waals surface area contributed by atoms with E-state index in [4.69, 9.17) is 0 Å². The molecule has 1 rings (SSSR count). The lowest BCUT2D eigenvalue weighted by Gasteiger charge is -2.16. The lowest BCUT2D eigenvalue weighted by molar-refractivity contribution is 0.145. The van der Waals surface area contributed by atoms with E-state index in [1.165, 1.54) is 0 Å². The number of aryl methyl sites for hydroxylation is 2. The van der Waals surface area contributed by atoms with Crippen molar-refractivity contribution >= 4 is 0 Å². The molecule has 2 atom stereocenters. The molecule has 0 fully saturated rings. The summed E-state index contributed by atoms with van der Waals surface area (Å²) in [5.74, 6) is 0.535. The van der Waals surface area contributed by atoms with Gasteiger partial charge in [0, 0.05) is 5.56 Å². The summed E-state index contributed by atoms with van der Waals surface area (Å²) in [6.07, 6.45) is 1.48. The maximum atomic E-state index is 10.1. The first-order valence-corrected chi connectivity index (χ1v) is 5.53. The second-order valence-electron chi connectivity index (χ2n) is 4.29. The lowest BCUT2D eigenvalue weighted by atomic mass is 9.96. The van der Waals surface area contributed by atoms with Crippen molar-refractivity contribution in [3.05, 3.63) is 23.0 Å². The van der Waals surface area contributed by atoms with E-state index in [0.717, 1.165) is 29.8 Å². The first kappa shape index (κ1) is 12.1. The van der Waals surface area contributed by atoms with Crippen LogP contribution < -0.4 is 0 Å². The van der Waals surface area contributed by atoms with Gasteiger partial charge in [-0.2, -0.15) is 10.2 Å². The average molecular weight is 208 g/mol. The van der Waals surface area contributed by atoms with Crippen molar-refractivity contribution in [3.63, 3.8) is 0 Å². The topological polar surface area (TPSA) is 46.0 Å². The minimum absolute atomic E-state index is 0.408. The summed E-state index contributed by atoms with van der Waals surface area (Å²) in [6.45, 7) is 8.08. The number of nitrogens with zero attached hydrogens (tertiary/aromatic N) is 2. The largest absolute Gasteiger partial charge is 0.388 e. The van der Waals surface area contributed by atoms with Crippen LogP contribution in [0.25, 0.3) is 0 Å². The van der Waals surface area contributed by atoms with Gasteiger partial charge in [0.2, 0.25) is 0 Å². The van der Waals surface area contributed by atoms with Crippen LogP contribution in [0.15, 0.2) is 6.07 Å². The number of aliphatic hydroxyl groups is 1. The predicted octanol–water partition coefficient (Wildman–Crippen LogP) is 2.56. The molecular formula is C12H20N2O. The van der Waals surface area contributed by atoms with E-state index in [-0.39, 0.29) is 0 Å². The SMILES string of the molecule is CCC(C)CC(O)c1cc(C)nnc1C. The van der Waals surface area contributed by atoms with Crippen LogP contribution in [0.4, 0.5) is 0 Å². The molecule has 84 valence electrons. The molecular weight excluding hydrogens is 188 g/mol. The normalized spacial score (nSPS) is 15.0. The number of hydrogen-bond acceptors (Lipinski definition) is 3. The van der Waals surface area contributed by atoms with Gasteiger partial charge in [-0.05, 0) is 32.3 Å². The van der Waals surface area contributed by atoms with Crippen molar-refractivity contribution in [2.45, 2.75) is 46.6 Å². The fraction of sp³-hybridized carbons (Fsp3) is 0.667. The molecule has 0 saturated heterocycles. The highest BCUT2D eigenvalue weighted by atomic mass is 16.3. The Morgan fingerprint density at radius 2 is 2.00 bits per heavy atom. The van der Waals surface area contributed by atoms with Gasteiger partial charge in [0.1, 0.15) is 0 Å². The van der Waals surface area contributed by atoms with Crippen molar-refractivity contribution in [3.8, 4) is 0 Å². The first-order valence-electron chi connectivity index (χ1n) is 5.53. The minimum Gasteiger partial charge on any atom is -0.388 e. The van der Waals surface area contributed by atoms with E-state index in [0.29, 0.717) is 5.92 Å². The van der Waals surface area contributed by atoms with Crippen molar-refractivity contribution in [1.29, 1.82) is 0 Å². The molecule has 0 saturated carbocycles. The standard InChI is InChI=1S/C12H20N2O/c1-5-8(2)6-12(15)11-7-9(3)13-14-10(11)4/h7-8,12,15H,5-6H2,1-4H3. The Balaban J connectivity index is 2.80. The molecule has 0 aliphatic heterocycles. The van der Waals surface area contributed by atoms with Gasteiger partial charge in [0.15, 0.2) is 0 Å². The van der Waals surface area contributed by atoms with Crippen LogP contribution in [-0.2, 0) is 0 Å². The van der Waals surface area contributed by atoms with Crippen LogP contribution in [-0.4, -0.2) is 15.3 Å². The molecule has 0 aliphatic rings. The molecule has 0 bridgehead atoms. The quantitative estimate of drug-likeness (QED) is 0.827. The van der Waals surface area contributed by atoms with Crippen molar-refractivity contribution in [2.24, 2.45) is 5.92 Å². The van der Waals surface area contributed by atoms with Crippen LogP contribution in [0.2, 0.25) is 0 Å². The molecule has 1 aromatic heterocycles. The van der Waals surface area contributed by atoms with E-state index >= 15 is 0 Å². The van der Waals surface area contributed by atoms with E-state index < -0.39 is 6.10 Å². The van der Waals surface area contributed by atoms with E-state index in [1.807, 2.05) is 19.9 Å². The summed E-state index contributed by atoms with van der Waals surface area (Å²) >= 11 is 0. The summed E-state index contributed by atoms with van der Waals surface area (Å²) in [5, 5.41) is 18.0. The Labute approximate surface area is 91.6 Å². The summed E-state index contributed by atoms with van der Waals surface area (Å²) in [5.41, 5.74) is 2.61. The van der Waals surface area contributed by atoms with Gasteiger partial charge in [-0.15, -0.1) is 0 Å². The molecule has 0 radical (unpaired) electrons. The predicted molar refractivity (Wildman–Crippen MR) is 60.5 cm³/mol. The third-order valence-corrected chi connectivity index (χ3v) is 2.82. The molecule has 0 spiro atoms. The van der Waals surface area contributed by atoms with Crippen molar-refractivity contribution < 1.29 is 5.11 Å². The van der Waals surface area contributed by atoms with Crippen LogP contribution >= 0.6 is 0 Å². The molecule has 15 heavy (non-hydrogen) atoms. The zero-order valence-electron chi connectivity index (χ0n) is 9.99. The number of hydrogen-bond donors (Lipinski definition) is 1. The third kappa shape index (κ3) is 3.27. The first-order chi connectivity index (χ1) is 7.04. The summed E-state index contributed by atoms with van der Waals surface area (Å²) in [7, 11) is 0. The van der Waals surface area contributed by atoms with Gasteiger partial charge in [0.25, 0.3) is 0 Å². The highest BCUT2D eigenvalue weighted by Gasteiger charge is 2.14. The van der Waals surface area contributed by atoms with Crippen molar-refractivity contribution in [1.82, 2.24) is 10.2 Å². The zero-order valence-corrected chi connectivity index (χ0v) is 9.99. The Bertz CT molecular complexity index is 325. The Morgan fingerprint density at radius 3 is 2.60 bits per heavy atom. The molecule has 0 amide bonds. The molecule has 1 heterocycles. The van der Waals surface area contributed by atoms with Crippen molar-refractivity contribution in [2.75, 3.05) is 0 Å². The third-order valence-electron chi connectivity index (χ3n) is 2.82. The Kier molecular flexibility index (Phi) is 4.21. The van der Waals surface area contributed by atoms with Crippen LogP contribution in [0.1, 0.15) is 49.7 Å². The van der Waals surface area contributed by atoms with Gasteiger partial charge < -0.3 is 5.11 Å².